The maximum Gasteiger partial charge on any atom is 0.221 e. The molecule has 94 valence electrons. The van der Waals surface area contributed by atoms with Crippen LogP contribution in [0.1, 0.15) is 12.6 Å². The number of hydrogen-bond donors (Lipinski definition) is 2. The van der Waals surface area contributed by atoms with Crippen LogP contribution in [0.25, 0.3) is 5.69 Å². The summed E-state index contributed by atoms with van der Waals surface area (Å²) < 4.78 is 1.72. The predicted octanol–water partition coefficient (Wildman–Crippen LogP) is 0.727. The molecule has 1 heterocycles. The van der Waals surface area contributed by atoms with Gasteiger partial charge in [0.2, 0.25) is 5.91 Å². The first-order valence-corrected chi connectivity index (χ1v) is 5.68. The lowest BCUT2D eigenvalue weighted by Crippen LogP contribution is -2.10. The third-order valence-electron chi connectivity index (χ3n) is 2.43. The zero-order valence-electron chi connectivity index (χ0n) is 10.1. The number of aromatic nitrogens is 3. The van der Waals surface area contributed by atoms with Crippen molar-refractivity contribution in [2.75, 3.05) is 11.9 Å². The second-order valence-electron chi connectivity index (χ2n) is 3.91. The molecule has 0 bridgehead atoms. The molecule has 0 saturated heterocycles. The summed E-state index contributed by atoms with van der Waals surface area (Å²) in [5.41, 5.74) is 8.06. The number of amides is 1. The molecular formula is C12H15N5O. The van der Waals surface area contributed by atoms with Gasteiger partial charge >= 0.3 is 0 Å². The predicted molar refractivity (Wildman–Crippen MR) is 68.4 cm³/mol. The molecule has 0 spiro atoms. The van der Waals surface area contributed by atoms with Crippen molar-refractivity contribution in [3.63, 3.8) is 0 Å². The second-order valence-corrected chi connectivity index (χ2v) is 3.91. The van der Waals surface area contributed by atoms with Crippen LogP contribution in [-0.2, 0) is 11.2 Å². The fourth-order valence-corrected chi connectivity index (χ4v) is 1.71. The van der Waals surface area contributed by atoms with Crippen LogP contribution in [0.15, 0.2) is 30.5 Å². The van der Waals surface area contributed by atoms with Gasteiger partial charge in [-0.1, -0.05) is 11.3 Å². The molecule has 0 atom stereocenters. The molecule has 0 saturated carbocycles. The Hall–Kier alpha value is -2.21. The number of anilines is 1. The molecule has 18 heavy (non-hydrogen) atoms. The molecule has 0 radical (unpaired) electrons. The van der Waals surface area contributed by atoms with Crippen molar-refractivity contribution in [2.45, 2.75) is 13.3 Å². The molecule has 2 aromatic rings. The smallest absolute Gasteiger partial charge is 0.221 e. The van der Waals surface area contributed by atoms with E-state index >= 15 is 0 Å². The molecule has 1 amide bonds. The standard InChI is InChI=1S/C12H15N5O/c1-9(18)15-10-3-2-4-11(7-10)17-12(5-6-13)8-14-16-17/h2-4,7-8H,5-6,13H2,1H3,(H,15,18). The molecule has 2 rings (SSSR count). The Labute approximate surface area is 105 Å². The summed E-state index contributed by atoms with van der Waals surface area (Å²) in [5.74, 6) is -0.104. The van der Waals surface area contributed by atoms with Crippen molar-refractivity contribution >= 4 is 11.6 Å². The van der Waals surface area contributed by atoms with Crippen molar-refractivity contribution in [3.05, 3.63) is 36.2 Å². The van der Waals surface area contributed by atoms with Gasteiger partial charge in [-0.25, -0.2) is 4.68 Å². The zero-order chi connectivity index (χ0) is 13.0. The van der Waals surface area contributed by atoms with E-state index in [9.17, 15) is 4.79 Å². The number of nitrogens with two attached hydrogens (primary N) is 1. The van der Waals surface area contributed by atoms with Gasteiger partial charge in [-0.05, 0) is 24.7 Å². The minimum Gasteiger partial charge on any atom is -0.330 e. The normalized spacial score (nSPS) is 10.3. The van der Waals surface area contributed by atoms with Gasteiger partial charge in [-0.3, -0.25) is 4.79 Å². The maximum atomic E-state index is 11.0. The van der Waals surface area contributed by atoms with Crippen LogP contribution in [0, 0.1) is 0 Å². The Balaban J connectivity index is 2.32. The SMILES string of the molecule is CC(=O)Nc1cccc(-n2nncc2CCN)c1. The maximum absolute atomic E-state index is 11.0. The highest BCUT2D eigenvalue weighted by Crippen LogP contribution is 2.15. The van der Waals surface area contributed by atoms with Gasteiger partial charge in [-0.2, -0.15) is 0 Å². The highest BCUT2D eigenvalue weighted by Gasteiger charge is 2.06. The van der Waals surface area contributed by atoms with Gasteiger partial charge in [0.1, 0.15) is 0 Å². The number of carbonyl (C=O) groups is 1. The average Bonchev–Trinajstić information content (AvgIpc) is 2.77. The number of rotatable bonds is 4. The third kappa shape index (κ3) is 2.72. The fraction of sp³-hybridized carbons (Fsp3) is 0.250. The van der Waals surface area contributed by atoms with Crippen LogP contribution < -0.4 is 11.1 Å². The lowest BCUT2D eigenvalue weighted by Gasteiger charge is -2.07. The highest BCUT2D eigenvalue weighted by atomic mass is 16.1. The molecule has 0 unspecified atom stereocenters. The Kier molecular flexibility index (Phi) is 3.69. The van der Waals surface area contributed by atoms with E-state index in [1.807, 2.05) is 24.3 Å². The van der Waals surface area contributed by atoms with Gasteiger partial charge in [0, 0.05) is 19.0 Å². The van der Waals surface area contributed by atoms with E-state index in [2.05, 4.69) is 15.6 Å². The van der Waals surface area contributed by atoms with Gasteiger partial charge in [0.15, 0.2) is 0 Å². The number of benzene rings is 1. The quantitative estimate of drug-likeness (QED) is 0.831. The highest BCUT2D eigenvalue weighted by molar-refractivity contribution is 5.88. The number of nitrogens with zero attached hydrogens (tertiary/aromatic N) is 3. The van der Waals surface area contributed by atoms with Gasteiger partial charge in [-0.15, -0.1) is 5.10 Å². The van der Waals surface area contributed by atoms with E-state index in [0.717, 1.165) is 17.1 Å². The van der Waals surface area contributed by atoms with Crippen LogP contribution in [0.4, 0.5) is 5.69 Å². The zero-order valence-corrected chi connectivity index (χ0v) is 10.1. The van der Waals surface area contributed by atoms with E-state index < -0.39 is 0 Å². The molecule has 3 N–H and O–H groups in total. The molecular weight excluding hydrogens is 230 g/mol. The van der Waals surface area contributed by atoms with Crippen LogP contribution in [-0.4, -0.2) is 27.4 Å². The molecule has 0 aliphatic heterocycles. The van der Waals surface area contributed by atoms with E-state index in [0.29, 0.717) is 13.0 Å². The van der Waals surface area contributed by atoms with Crippen molar-refractivity contribution in [3.8, 4) is 5.69 Å². The first-order chi connectivity index (χ1) is 8.70. The first-order valence-electron chi connectivity index (χ1n) is 5.68. The summed E-state index contributed by atoms with van der Waals surface area (Å²) in [6.45, 7) is 2.01. The van der Waals surface area contributed by atoms with Crippen LogP contribution in [0.5, 0.6) is 0 Å². The molecule has 0 aliphatic rings. The lowest BCUT2D eigenvalue weighted by molar-refractivity contribution is -0.114. The second kappa shape index (κ2) is 5.42. The lowest BCUT2D eigenvalue weighted by atomic mass is 10.2. The van der Waals surface area contributed by atoms with Crippen molar-refractivity contribution in [1.29, 1.82) is 0 Å². The average molecular weight is 245 g/mol. The number of hydrogen-bond acceptors (Lipinski definition) is 4. The van der Waals surface area contributed by atoms with Gasteiger partial charge in [0.05, 0.1) is 17.6 Å². The minimum absolute atomic E-state index is 0.104. The molecule has 1 aromatic heterocycles. The molecule has 1 aromatic carbocycles. The van der Waals surface area contributed by atoms with Crippen molar-refractivity contribution in [2.24, 2.45) is 5.73 Å². The van der Waals surface area contributed by atoms with Crippen molar-refractivity contribution in [1.82, 2.24) is 15.0 Å². The molecule has 6 nitrogen and oxygen atoms in total. The number of nitrogens with one attached hydrogen (secondary N) is 1. The van der Waals surface area contributed by atoms with E-state index in [1.54, 1.807) is 10.9 Å². The minimum atomic E-state index is -0.104. The summed E-state index contributed by atoms with van der Waals surface area (Å²) in [5, 5.41) is 10.6. The summed E-state index contributed by atoms with van der Waals surface area (Å²) in [6.07, 6.45) is 2.40. The summed E-state index contributed by atoms with van der Waals surface area (Å²) in [6, 6.07) is 7.43. The topological polar surface area (TPSA) is 85.8 Å². The van der Waals surface area contributed by atoms with Crippen LogP contribution in [0.2, 0.25) is 0 Å². The van der Waals surface area contributed by atoms with Crippen LogP contribution in [0.3, 0.4) is 0 Å². The van der Waals surface area contributed by atoms with E-state index in [1.165, 1.54) is 6.92 Å². The first kappa shape index (κ1) is 12.3. The van der Waals surface area contributed by atoms with E-state index in [-0.39, 0.29) is 5.91 Å². The third-order valence-corrected chi connectivity index (χ3v) is 2.43. The molecule has 6 heteroatoms. The fourth-order valence-electron chi connectivity index (χ4n) is 1.71. The van der Waals surface area contributed by atoms with Crippen molar-refractivity contribution < 1.29 is 4.79 Å². The Morgan fingerprint density at radius 2 is 2.33 bits per heavy atom. The van der Waals surface area contributed by atoms with Gasteiger partial charge in [0.25, 0.3) is 0 Å². The monoisotopic (exact) mass is 245 g/mol. The molecule has 0 aliphatic carbocycles. The summed E-state index contributed by atoms with van der Waals surface area (Å²) in [7, 11) is 0. The number of carbonyl (C=O) groups excluding carboxylic acids is 1. The Morgan fingerprint density at radius 1 is 1.50 bits per heavy atom. The largest absolute Gasteiger partial charge is 0.330 e. The molecule has 0 fully saturated rings. The van der Waals surface area contributed by atoms with Gasteiger partial charge < -0.3 is 11.1 Å². The summed E-state index contributed by atoms with van der Waals surface area (Å²) >= 11 is 0. The summed E-state index contributed by atoms with van der Waals surface area (Å²) in [4.78, 5) is 11.0. The Bertz CT molecular complexity index is 549. The van der Waals surface area contributed by atoms with Crippen LogP contribution >= 0.6 is 0 Å². The Morgan fingerprint density at radius 3 is 3.06 bits per heavy atom. The van der Waals surface area contributed by atoms with E-state index in [4.69, 9.17) is 5.73 Å².